The number of nitrogens with zero attached hydrogens (tertiary/aromatic N) is 1. The van der Waals surface area contributed by atoms with E-state index in [0.29, 0.717) is 6.04 Å². The van der Waals surface area contributed by atoms with Crippen molar-refractivity contribution < 1.29 is 0 Å². The van der Waals surface area contributed by atoms with Gasteiger partial charge in [-0.2, -0.15) is 0 Å². The van der Waals surface area contributed by atoms with Crippen LogP contribution in [-0.4, -0.2) is 36.6 Å². The van der Waals surface area contributed by atoms with E-state index in [2.05, 4.69) is 31.0 Å². The summed E-state index contributed by atoms with van der Waals surface area (Å²) in [6.45, 7) is 10.8. The molecule has 0 radical (unpaired) electrons. The number of hydrogen-bond donors (Lipinski definition) is 1. The van der Waals surface area contributed by atoms with Crippen molar-refractivity contribution in [3.05, 3.63) is 0 Å². The van der Waals surface area contributed by atoms with Crippen molar-refractivity contribution in [1.82, 2.24) is 10.2 Å². The maximum absolute atomic E-state index is 3.62. The van der Waals surface area contributed by atoms with E-state index in [1.165, 1.54) is 58.2 Å². The summed E-state index contributed by atoms with van der Waals surface area (Å²) in [5.74, 6) is 2.01. The van der Waals surface area contributed by atoms with E-state index in [9.17, 15) is 0 Å². The minimum Gasteiger partial charge on any atom is -0.311 e. The summed E-state index contributed by atoms with van der Waals surface area (Å²) in [7, 11) is 0. The molecule has 2 atom stereocenters. The van der Waals surface area contributed by atoms with E-state index in [4.69, 9.17) is 0 Å². The van der Waals surface area contributed by atoms with Crippen LogP contribution < -0.4 is 5.32 Å². The Morgan fingerprint density at radius 3 is 2.28 bits per heavy atom. The molecule has 0 aromatic rings. The fraction of sp³-hybridized carbons (Fsp3) is 1.00. The van der Waals surface area contributed by atoms with E-state index in [0.717, 1.165) is 17.9 Å². The monoisotopic (exact) mass is 252 g/mol. The van der Waals surface area contributed by atoms with Crippen LogP contribution in [0.25, 0.3) is 0 Å². The summed E-state index contributed by atoms with van der Waals surface area (Å²) in [5.41, 5.74) is 0. The minimum atomic E-state index is 0.680. The summed E-state index contributed by atoms with van der Waals surface area (Å²) in [6, 6.07) is 1.46. The molecule has 1 aliphatic heterocycles. The van der Waals surface area contributed by atoms with Crippen LogP contribution in [0.5, 0.6) is 0 Å². The molecule has 1 heterocycles. The maximum atomic E-state index is 3.62. The molecule has 0 spiro atoms. The van der Waals surface area contributed by atoms with Gasteiger partial charge >= 0.3 is 0 Å². The molecule has 2 nitrogen and oxygen atoms in total. The molecule has 2 unspecified atom stereocenters. The fourth-order valence-electron chi connectivity index (χ4n) is 3.81. The molecule has 2 rings (SSSR count). The number of nitrogens with one attached hydrogen (secondary N) is 1. The predicted octanol–water partition coefficient (Wildman–Crippen LogP) is 3.28. The van der Waals surface area contributed by atoms with Gasteiger partial charge in [0.2, 0.25) is 0 Å². The Morgan fingerprint density at radius 1 is 1.00 bits per heavy atom. The van der Waals surface area contributed by atoms with E-state index in [1.54, 1.807) is 0 Å². The van der Waals surface area contributed by atoms with Gasteiger partial charge < -0.3 is 5.32 Å². The molecule has 106 valence electrons. The van der Waals surface area contributed by atoms with Gasteiger partial charge in [-0.3, -0.25) is 4.90 Å². The Bertz CT molecular complexity index is 233. The molecule has 1 saturated carbocycles. The largest absolute Gasteiger partial charge is 0.311 e. The van der Waals surface area contributed by atoms with Gasteiger partial charge in [0.1, 0.15) is 0 Å². The van der Waals surface area contributed by atoms with Gasteiger partial charge in [0.25, 0.3) is 0 Å². The van der Waals surface area contributed by atoms with Crippen molar-refractivity contribution >= 4 is 0 Å². The zero-order valence-corrected chi connectivity index (χ0v) is 12.6. The highest BCUT2D eigenvalue weighted by atomic mass is 15.2. The van der Waals surface area contributed by atoms with Crippen LogP contribution in [0, 0.1) is 11.8 Å². The van der Waals surface area contributed by atoms with Crippen LogP contribution in [0.15, 0.2) is 0 Å². The van der Waals surface area contributed by atoms with E-state index in [1.807, 2.05) is 0 Å². The van der Waals surface area contributed by atoms with Crippen molar-refractivity contribution in [3.8, 4) is 0 Å². The van der Waals surface area contributed by atoms with E-state index >= 15 is 0 Å². The first-order valence-corrected chi connectivity index (χ1v) is 8.20. The van der Waals surface area contributed by atoms with Gasteiger partial charge in [-0.25, -0.2) is 0 Å². The van der Waals surface area contributed by atoms with Gasteiger partial charge in [0, 0.05) is 31.7 Å². The first-order chi connectivity index (χ1) is 8.72. The number of rotatable bonds is 4. The lowest BCUT2D eigenvalue weighted by Gasteiger charge is -2.42. The predicted molar refractivity (Wildman–Crippen MR) is 78.9 cm³/mol. The van der Waals surface area contributed by atoms with Crippen molar-refractivity contribution in [2.24, 2.45) is 11.8 Å². The second kappa shape index (κ2) is 6.91. The van der Waals surface area contributed by atoms with Crippen molar-refractivity contribution in [1.29, 1.82) is 0 Å². The molecule has 0 amide bonds. The lowest BCUT2D eigenvalue weighted by Crippen LogP contribution is -2.56. The highest BCUT2D eigenvalue weighted by Crippen LogP contribution is 2.31. The molecule has 0 bridgehead atoms. The fourth-order valence-corrected chi connectivity index (χ4v) is 3.81. The molecular weight excluding hydrogens is 220 g/mol. The molecule has 2 aliphatic rings. The molecule has 0 aromatic carbocycles. The zero-order valence-electron chi connectivity index (χ0n) is 12.6. The minimum absolute atomic E-state index is 0.680. The third-order valence-corrected chi connectivity index (χ3v) is 5.23. The molecule has 2 heteroatoms. The van der Waals surface area contributed by atoms with Crippen LogP contribution in [0.4, 0.5) is 0 Å². The zero-order chi connectivity index (χ0) is 13.0. The van der Waals surface area contributed by atoms with E-state index in [-0.39, 0.29) is 0 Å². The van der Waals surface area contributed by atoms with Crippen LogP contribution in [-0.2, 0) is 0 Å². The first-order valence-electron chi connectivity index (χ1n) is 8.20. The third-order valence-electron chi connectivity index (χ3n) is 5.23. The summed E-state index contributed by atoms with van der Waals surface area (Å²) >= 11 is 0. The Hall–Kier alpha value is -0.0800. The van der Waals surface area contributed by atoms with Gasteiger partial charge in [-0.05, 0) is 38.0 Å². The van der Waals surface area contributed by atoms with Crippen LogP contribution in [0.1, 0.15) is 59.3 Å². The average Bonchev–Trinajstić information content (AvgIpc) is 2.40. The van der Waals surface area contributed by atoms with Crippen molar-refractivity contribution in [3.63, 3.8) is 0 Å². The summed E-state index contributed by atoms with van der Waals surface area (Å²) in [4.78, 5) is 2.78. The molecule has 1 aliphatic carbocycles. The van der Waals surface area contributed by atoms with Crippen molar-refractivity contribution in [2.45, 2.75) is 71.4 Å². The quantitative estimate of drug-likeness (QED) is 0.826. The maximum Gasteiger partial charge on any atom is 0.0218 e. The molecule has 2 fully saturated rings. The Morgan fingerprint density at radius 2 is 1.67 bits per heavy atom. The normalized spacial score (nSPS) is 38.8. The van der Waals surface area contributed by atoms with E-state index < -0.39 is 0 Å². The topological polar surface area (TPSA) is 15.3 Å². The van der Waals surface area contributed by atoms with Crippen LogP contribution in [0.3, 0.4) is 0 Å². The van der Waals surface area contributed by atoms with Gasteiger partial charge in [0.05, 0.1) is 0 Å². The second-order valence-electron chi connectivity index (χ2n) is 6.62. The van der Waals surface area contributed by atoms with Crippen molar-refractivity contribution in [2.75, 3.05) is 19.6 Å². The standard InChI is InChI=1S/C16H32N2/c1-4-14-6-8-15(9-7-14)12-18-11-13(3)17-10-16(18)5-2/h13-17H,4-12H2,1-3H3. The lowest BCUT2D eigenvalue weighted by atomic mass is 9.80. The third kappa shape index (κ3) is 3.71. The molecule has 1 N–H and O–H groups in total. The summed E-state index contributed by atoms with van der Waals surface area (Å²) in [5, 5.41) is 3.62. The first kappa shape index (κ1) is 14.3. The number of hydrogen-bond acceptors (Lipinski definition) is 2. The molecule has 18 heavy (non-hydrogen) atoms. The molecular formula is C16H32N2. The molecule has 0 aromatic heterocycles. The molecule has 1 saturated heterocycles. The second-order valence-corrected chi connectivity index (χ2v) is 6.62. The lowest BCUT2D eigenvalue weighted by molar-refractivity contribution is 0.0948. The smallest absolute Gasteiger partial charge is 0.0218 e. The van der Waals surface area contributed by atoms with Gasteiger partial charge in [-0.15, -0.1) is 0 Å². The summed E-state index contributed by atoms with van der Waals surface area (Å²) in [6.07, 6.45) is 8.62. The Kier molecular flexibility index (Phi) is 5.50. The van der Waals surface area contributed by atoms with Gasteiger partial charge in [-0.1, -0.05) is 33.1 Å². The van der Waals surface area contributed by atoms with Crippen LogP contribution >= 0.6 is 0 Å². The highest BCUT2D eigenvalue weighted by molar-refractivity contribution is 4.85. The Balaban J connectivity index is 1.80. The Labute approximate surface area is 114 Å². The average molecular weight is 252 g/mol. The van der Waals surface area contributed by atoms with Gasteiger partial charge in [0.15, 0.2) is 0 Å². The summed E-state index contributed by atoms with van der Waals surface area (Å²) < 4.78 is 0. The van der Waals surface area contributed by atoms with Crippen LogP contribution in [0.2, 0.25) is 0 Å². The number of piperazine rings is 1. The SMILES string of the molecule is CCC1CCC(CN2CC(C)NCC2CC)CC1. The highest BCUT2D eigenvalue weighted by Gasteiger charge is 2.28.